The summed E-state index contributed by atoms with van der Waals surface area (Å²) in [5.74, 6) is 1.18. The monoisotopic (exact) mass is 420 g/mol. The van der Waals surface area contributed by atoms with E-state index >= 15 is 0 Å². The fraction of sp³-hybridized carbons (Fsp3) is 0.586. The molecule has 2 nitrogen and oxygen atoms in total. The summed E-state index contributed by atoms with van der Waals surface area (Å²) in [7, 11) is 0. The fourth-order valence-electron chi connectivity index (χ4n) is 6.18. The minimum absolute atomic E-state index is 0.230. The highest BCUT2D eigenvalue weighted by molar-refractivity contribution is 5.43. The van der Waals surface area contributed by atoms with E-state index in [-0.39, 0.29) is 24.0 Å². The molecule has 31 heavy (non-hydrogen) atoms. The average Bonchev–Trinajstić information content (AvgIpc) is 2.73. The molecular formula is C29H40O2. The maximum Gasteiger partial charge on any atom is 0.0634 e. The van der Waals surface area contributed by atoms with E-state index < -0.39 is 0 Å². The van der Waals surface area contributed by atoms with Crippen LogP contribution in [0, 0.1) is 25.7 Å². The van der Waals surface area contributed by atoms with Crippen molar-refractivity contribution in [3.8, 4) is 0 Å². The molecule has 0 spiro atoms. The second kappa shape index (κ2) is 9.46. The molecule has 0 saturated heterocycles. The van der Waals surface area contributed by atoms with Gasteiger partial charge < -0.3 is 10.2 Å². The van der Waals surface area contributed by atoms with Crippen LogP contribution in [0.5, 0.6) is 0 Å². The van der Waals surface area contributed by atoms with E-state index in [0.29, 0.717) is 11.8 Å². The molecule has 4 rings (SSSR count). The van der Waals surface area contributed by atoms with Gasteiger partial charge in [0.05, 0.1) is 12.2 Å². The van der Waals surface area contributed by atoms with Gasteiger partial charge in [0.2, 0.25) is 0 Å². The lowest BCUT2D eigenvalue weighted by molar-refractivity contribution is 0.0571. The summed E-state index contributed by atoms with van der Waals surface area (Å²) in [5.41, 5.74) is 7.91. The summed E-state index contributed by atoms with van der Waals surface area (Å²) in [6, 6.07) is 13.6. The van der Waals surface area contributed by atoms with Crippen LogP contribution in [0.25, 0.3) is 0 Å². The molecule has 6 atom stereocenters. The minimum Gasteiger partial charge on any atom is -0.392 e. The first-order chi connectivity index (χ1) is 14.8. The minimum atomic E-state index is -0.256. The Balaban J connectivity index is 1.71. The van der Waals surface area contributed by atoms with Crippen LogP contribution in [0.2, 0.25) is 0 Å². The summed E-state index contributed by atoms with van der Waals surface area (Å²) in [5, 5.41) is 22.0. The highest BCUT2D eigenvalue weighted by Gasteiger charge is 2.33. The summed E-state index contributed by atoms with van der Waals surface area (Å²) >= 11 is 0. The van der Waals surface area contributed by atoms with E-state index in [0.717, 1.165) is 32.1 Å². The third-order valence-corrected chi connectivity index (χ3v) is 8.12. The molecule has 6 unspecified atom stereocenters. The van der Waals surface area contributed by atoms with Crippen LogP contribution in [0.3, 0.4) is 0 Å². The highest BCUT2D eigenvalue weighted by atomic mass is 16.3. The van der Waals surface area contributed by atoms with Crippen molar-refractivity contribution in [1.82, 2.24) is 0 Å². The first kappa shape index (κ1) is 22.6. The van der Waals surface area contributed by atoms with Crippen LogP contribution >= 0.6 is 0 Å². The number of rotatable bonds is 4. The maximum absolute atomic E-state index is 11.0. The van der Waals surface area contributed by atoms with Crippen LogP contribution in [0.1, 0.15) is 97.6 Å². The first-order valence-corrected chi connectivity index (χ1v) is 12.4. The second-order valence-corrected chi connectivity index (χ2v) is 10.6. The van der Waals surface area contributed by atoms with Crippen molar-refractivity contribution >= 4 is 0 Å². The molecule has 0 radical (unpaired) electrons. The topological polar surface area (TPSA) is 40.5 Å². The maximum atomic E-state index is 11.0. The normalized spacial score (nSPS) is 31.5. The van der Waals surface area contributed by atoms with E-state index in [4.69, 9.17) is 0 Å². The molecule has 2 fully saturated rings. The Morgan fingerprint density at radius 3 is 1.52 bits per heavy atom. The van der Waals surface area contributed by atoms with E-state index in [1.807, 2.05) is 0 Å². The number of aliphatic hydroxyl groups excluding tert-OH is 2. The van der Waals surface area contributed by atoms with Gasteiger partial charge in [-0.3, -0.25) is 0 Å². The third-order valence-electron chi connectivity index (χ3n) is 8.12. The van der Waals surface area contributed by atoms with Crippen molar-refractivity contribution in [3.05, 3.63) is 69.8 Å². The van der Waals surface area contributed by atoms with Crippen LogP contribution in [0.15, 0.2) is 36.4 Å². The molecule has 2 aromatic carbocycles. The van der Waals surface area contributed by atoms with Crippen molar-refractivity contribution in [2.24, 2.45) is 11.8 Å². The van der Waals surface area contributed by atoms with Gasteiger partial charge in [0.25, 0.3) is 0 Å². The summed E-state index contributed by atoms with van der Waals surface area (Å²) < 4.78 is 0. The highest BCUT2D eigenvalue weighted by Crippen LogP contribution is 2.41. The van der Waals surface area contributed by atoms with E-state index in [1.165, 1.54) is 46.2 Å². The summed E-state index contributed by atoms with van der Waals surface area (Å²) in [4.78, 5) is 0. The molecule has 0 aliphatic heterocycles. The lowest BCUT2D eigenvalue weighted by Gasteiger charge is -2.35. The van der Waals surface area contributed by atoms with Crippen molar-refractivity contribution in [2.75, 3.05) is 0 Å². The van der Waals surface area contributed by atoms with Gasteiger partial charge >= 0.3 is 0 Å². The van der Waals surface area contributed by atoms with Crippen molar-refractivity contribution in [2.45, 2.75) is 96.7 Å². The van der Waals surface area contributed by atoms with Gasteiger partial charge in [0.1, 0.15) is 0 Å². The predicted octanol–water partition coefficient (Wildman–Crippen LogP) is 6.42. The Kier molecular flexibility index (Phi) is 6.89. The SMILES string of the molecule is Cc1ccc(C2CCCC(C)C2O)c(Cc2cc(C)ccc2C2CCCC(C)C2O)c1. The van der Waals surface area contributed by atoms with Gasteiger partial charge in [-0.15, -0.1) is 0 Å². The Morgan fingerprint density at radius 2 is 1.10 bits per heavy atom. The van der Waals surface area contributed by atoms with Crippen molar-refractivity contribution in [3.63, 3.8) is 0 Å². The van der Waals surface area contributed by atoms with Crippen LogP contribution in [0.4, 0.5) is 0 Å². The fourth-order valence-corrected chi connectivity index (χ4v) is 6.18. The van der Waals surface area contributed by atoms with Gasteiger partial charge in [-0.25, -0.2) is 0 Å². The Bertz CT molecular complexity index is 828. The number of aliphatic hydroxyl groups is 2. The van der Waals surface area contributed by atoms with Gasteiger partial charge in [0, 0.05) is 11.8 Å². The average molecular weight is 421 g/mol. The zero-order chi connectivity index (χ0) is 22.1. The predicted molar refractivity (Wildman–Crippen MR) is 129 cm³/mol. The molecule has 0 bridgehead atoms. The zero-order valence-corrected chi connectivity index (χ0v) is 19.8. The molecule has 2 heteroatoms. The number of aryl methyl sites for hydroxylation is 2. The van der Waals surface area contributed by atoms with Crippen LogP contribution in [-0.4, -0.2) is 22.4 Å². The molecule has 2 aliphatic carbocycles. The first-order valence-electron chi connectivity index (χ1n) is 12.4. The Morgan fingerprint density at radius 1 is 0.677 bits per heavy atom. The molecule has 2 aliphatic rings. The largest absolute Gasteiger partial charge is 0.392 e. The van der Waals surface area contributed by atoms with Crippen LogP contribution < -0.4 is 0 Å². The van der Waals surface area contributed by atoms with Gasteiger partial charge in [0.15, 0.2) is 0 Å². The third kappa shape index (κ3) is 4.76. The Labute approximate surface area is 188 Å². The van der Waals surface area contributed by atoms with E-state index in [2.05, 4.69) is 64.1 Å². The van der Waals surface area contributed by atoms with E-state index in [1.54, 1.807) is 0 Å². The molecule has 0 heterocycles. The molecule has 0 aromatic heterocycles. The van der Waals surface area contributed by atoms with E-state index in [9.17, 15) is 10.2 Å². The molecule has 2 saturated carbocycles. The van der Waals surface area contributed by atoms with Crippen molar-refractivity contribution in [1.29, 1.82) is 0 Å². The number of benzene rings is 2. The second-order valence-electron chi connectivity index (χ2n) is 10.6. The quantitative estimate of drug-likeness (QED) is 0.599. The number of hydrogen-bond donors (Lipinski definition) is 2. The van der Waals surface area contributed by atoms with Gasteiger partial charge in [-0.1, -0.05) is 74.2 Å². The number of hydrogen-bond acceptors (Lipinski definition) is 2. The van der Waals surface area contributed by atoms with Gasteiger partial charge in [-0.05, 0) is 80.0 Å². The lowest BCUT2D eigenvalue weighted by Crippen LogP contribution is -2.31. The summed E-state index contributed by atoms with van der Waals surface area (Å²) in [6.45, 7) is 8.71. The standard InChI is InChI=1S/C29H40O2/c1-18-11-13-24(26-9-5-7-20(3)28(26)30)22(15-18)17-23-16-19(2)12-14-25(23)27-10-6-8-21(4)29(27)31/h11-16,20-21,26-31H,5-10,17H2,1-4H3. The molecule has 0 amide bonds. The Hall–Kier alpha value is -1.64. The van der Waals surface area contributed by atoms with Crippen LogP contribution in [-0.2, 0) is 6.42 Å². The lowest BCUT2D eigenvalue weighted by atomic mass is 9.73. The van der Waals surface area contributed by atoms with Crippen molar-refractivity contribution < 1.29 is 10.2 Å². The molecule has 2 N–H and O–H groups in total. The summed E-state index contributed by atoms with van der Waals surface area (Å²) in [6.07, 6.45) is 7.14. The molecule has 2 aromatic rings. The zero-order valence-electron chi connectivity index (χ0n) is 19.8. The van der Waals surface area contributed by atoms with Gasteiger partial charge in [-0.2, -0.15) is 0 Å². The smallest absolute Gasteiger partial charge is 0.0634 e. The molecule has 168 valence electrons. The molecular weight excluding hydrogens is 380 g/mol.